The average molecular weight is 435 g/mol. The third-order valence-electron chi connectivity index (χ3n) is 4.41. The number of aromatic hydroxyl groups is 1. The van der Waals surface area contributed by atoms with Gasteiger partial charge in [0.1, 0.15) is 18.6 Å². The Bertz CT molecular complexity index is 935. The predicted octanol–water partition coefficient (Wildman–Crippen LogP) is 1.54. The number of anilines is 1. The first kappa shape index (κ1) is 21.6. The van der Waals surface area contributed by atoms with Gasteiger partial charge in [0.15, 0.2) is 12.2 Å². The fourth-order valence-electron chi connectivity index (χ4n) is 2.88. The Balaban J connectivity index is 1.66. The topological polar surface area (TPSA) is 134 Å². The van der Waals surface area contributed by atoms with E-state index in [1.54, 1.807) is 36.4 Å². The lowest BCUT2D eigenvalue weighted by molar-refractivity contribution is -0.144. The van der Waals surface area contributed by atoms with E-state index in [0.29, 0.717) is 16.3 Å². The molecule has 3 atom stereocenters. The molecular weight excluding hydrogens is 416 g/mol. The number of amides is 2. The maximum Gasteiger partial charge on any atom is 0.326 e. The monoisotopic (exact) mass is 434 g/mol. The fraction of sp³-hybridized carbons (Fsp3) is 0.250. The van der Waals surface area contributed by atoms with E-state index in [0.717, 1.165) is 0 Å². The lowest BCUT2D eigenvalue weighted by Gasteiger charge is -2.20. The highest BCUT2D eigenvalue weighted by atomic mass is 35.5. The van der Waals surface area contributed by atoms with Crippen molar-refractivity contribution in [3.63, 3.8) is 0 Å². The zero-order valence-corrected chi connectivity index (χ0v) is 16.3. The number of phenolic OH excluding ortho intramolecular Hbond substituents is 1. The van der Waals surface area contributed by atoms with Crippen LogP contribution in [-0.4, -0.2) is 53.0 Å². The molecule has 0 spiro atoms. The Kier molecular flexibility index (Phi) is 6.88. The zero-order chi connectivity index (χ0) is 21.7. The van der Waals surface area contributed by atoms with Gasteiger partial charge in [0.05, 0.1) is 10.7 Å². The molecule has 0 aliphatic carbocycles. The van der Waals surface area contributed by atoms with Crippen LogP contribution in [0.5, 0.6) is 5.75 Å². The number of para-hydroxylation sites is 1. The van der Waals surface area contributed by atoms with E-state index >= 15 is 0 Å². The second-order valence-corrected chi connectivity index (χ2v) is 6.94. The van der Waals surface area contributed by atoms with E-state index in [1.807, 2.05) is 0 Å². The van der Waals surface area contributed by atoms with Crippen LogP contribution in [0.4, 0.5) is 5.69 Å². The molecule has 2 amide bonds. The standard InChI is InChI=1S/C20H19ClN2O7/c21-13-3-1-2-4-14(13)22-18(25)16-17(30-10-29-16)19(26)23-15(20(27)28)9-11-5-7-12(24)8-6-11/h1-8,15-17,24H,9-10H2,(H,22,25)(H,23,26)(H,27,28)/t15-,16+,17+/m0/s1. The molecule has 4 N–H and O–H groups in total. The number of carbonyl (C=O) groups is 3. The van der Waals surface area contributed by atoms with Crippen LogP contribution in [-0.2, 0) is 30.3 Å². The lowest BCUT2D eigenvalue weighted by Crippen LogP contribution is -2.51. The maximum atomic E-state index is 12.6. The van der Waals surface area contributed by atoms with Crippen molar-refractivity contribution in [3.8, 4) is 5.75 Å². The SMILES string of the molecule is O=C(O)[C@H](Cc1ccc(O)cc1)NC(=O)[C@@H]1OCO[C@H]1C(=O)Nc1ccccc1Cl. The molecule has 2 aromatic carbocycles. The van der Waals surface area contributed by atoms with Crippen LogP contribution in [0.3, 0.4) is 0 Å². The normalized spacial score (nSPS) is 19.1. The molecule has 0 aromatic heterocycles. The fourth-order valence-corrected chi connectivity index (χ4v) is 3.06. The van der Waals surface area contributed by atoms with Crippen molar-refractivity contribution in [1.82, 2.24) is 5.32 Å². The van der Waals surface area contributed by atoms with E-state index in [2.05, 4.69) is 10.6 Å². The summed E-state index contributed by atoms with van der Waals surface area (Å²) in [5.74, 6) is -2.66. The molecule has 2 aromatic rings. The number of ether oxygens (including phenoxy) is 2. The molecule has 10 heteroatoms. The van der Waals surface area contributed by atoms with Crippen molar-refractivity contribution >= 4 is 35.1 Å². The minimum absolute atomic E-state index is 0.0224. The van der Waals surface area contributed by atoms with Crippen molar-refractivity contribution in [2.24, 2.45) is 0 Å². The summed E-state index contributed by atoms with van der Waals surface area (Å²) in [6.45, 7) is -0.297. The highest BCUT2D eigenvalue weighted by Crippen LogP contribution is 2.23. The molecule has 1 aliphatic rings. The van der Waals surface area contributed by atoms with Crippen LogP contribution in [0, 0.1) is 0 Å². The minimum Gasteiger partial charge on any atom is -0.508 e. The Morgan fingerprint density at radius 3 is 2.30 bits per heavy atom. The van der Waals surface area contributed by atoms with Crippen LogP contribution >= 0.6 is 11.6 Å². The molecule has 158 valence electrons. The summed E-state index contributed by atoms with van der Waals surface area (Å²) in [6.07, 6.45) is -2.62. The van der Waals surface area contributed by atoms with Gasteiger partial charge in [-0.15, -0.1) is 0 Å². The van der Waals surface area contributed by atoms with Gasteiger partial charge in [-0.05, 0) is 29.8 Å². The number of carboxylic acid groups (broad SMARTS) is 1. The zero-order valence-electron chi connectivity index (χ0n) is 15.6. The van der Waals surface area contributed by atoms with Gasteiger partial charge in [-0.25, -0.2) is 4.79 Å². The molecule has 9 nitrogen and oxygen atoms in total. The molecule has 1 fully saturated rings. The molecule has 1 heterocycles. The van der Waals surface area contributed by atoms with Gasteiger partial charge in [-0.3, -0.25) is 9.59 Å². The average Bonchev–Trinajstić information content (AvgIpc) is 3.21. The Labute approximate surface area is 176 Å². The molecule has 0 radical (unpaired) electrons. The highest BCUT2D eigenvalue weighted by molar-refractivity contribution is 6.33. The van der Waals surface area contributed by atoms with Crippen LogP contribution in [0.2, 0.25) is 5.02 Å². The third kappa shape index (κ3) is 5.26. The Morgan fingerprint density at radius 2 is 1.67 bits per heavy atom. The van der Waals surface area contributed by atoms with E-state index < -0.39 is 36.0 Å². The second kappa shape index (κ2) is 9.57. The van der Waals surface area contributed by atoms with Gasteiger partial charge in [0, 0.05) is 6.42 Å². The van der Waals surface area contributed by atoms with Gasteiger partial charge in [-0.1, -0.05) is 35.9 Å². The number of nitrogens with one attached hydrogen (secondary N) is 2. The molecule has 30 heavy (non-hydrogen) atoms. The summed E-state index contributed by atoms with van der Waals surface area (Å²) in [5.41, 5.74) is 0.937. The van der Waals surface area contributed by atoms with Gasteiger partial charge < -0.3 is 30.3 Å². The van der Waals surface area contributed by atoms with Crippen molar-refractivity contribution in [2.45, 2.75) is 24.7 Å². The van der Waals surface area contributed by atoms with Gasteiger partial charge in [-0.2, -0.15) is 0 Å². The van der Waals surface area contributed by atoms with E-state index in [-0.39, 0.29) is 19.0 Å². The summed E-state index contributed by atoms with van der Waals surface area (Å²) in [6, 6.07) is 11.2. The van der Waals surface area contributed by atoms with Crippen LogP contribution in [0.1, 0.15) is 5.56 Å². The van der Waals surface area contributed by atoms with Crippen molar-refractivity contribution in [1.29, 1.82) is 0 Å². The first-order chi connectivity index (χ1) is 14.3. The molecule has 0 unspecified atom stereocenters. The summed E-state index contributed by atoms with van der Waals surface area (Å²) < 4.78 is 10.4. The predicted molar refractivity (Wildman–Crippen MR) is 106 cm³/mol. The third-order valence-corrected chi connectivity index (χ3v) is 4.74. The largest absolute Gasteiger partial charge is 0.508 e. The summed E-state index contributed by atoms with van der Waals surface area (Å²) in [7, 11) is 0. The van der Waals surface area contributed by atoms with Crippen LogP contribution < -0.4 is 10.6 Å². The molecule has 0 bridgehead atoms. The Hall–Kier alpha value is -3.14. The summed E-state index contributed by atoms with van der Waals surface area (Å²) >= 11 is 6.02. The number of hydrogen-bond acceptors (Lipinski definition) is 6. The van der Waals surface area contributed by atoms with Crippen molar-refractivity contribution < 1.29 is 34.1 Å². The number of carboxylic acids is 1. The van der Waals surface area contributed by atoms with E-state index in [9.17, 15) is 24.6 Å². The number of rotatable bonds is 7. The maximum absolute atomic E-state index is 12.6. The van der Waals surface area contributed by atoms with Crippen molar-refractivity contribution in [3.05, 3.63) is 59.1 Å². The van der Waals surface area contributed by atoms with Crippen LogP contribution in [0.15, 0.2) is 48.5 Å². The summed E-state index contributed by atoms with van der Waals surface area (Å²) in [4.78, 5) is 36.7. The Morgan fingerprint density at radius 1 is 1.03 bits per heavy atom. The molecule has 3 rings (SSSR count). The summed E-state index contributed by atoms with van der Waals surface area (Å²) in [5, 5.41) is 24.0. The number of aliphatic carboxylic acids is 1. The second-order valence-electron chi connectivity index (χ2n) is 6.53. The first-order valence-corrected chi connectivity index (χ1v) is 9.32. The molecule has 1 aliphatic heterocycles. The van der Waals surface area contributed by atoms with E-state index in [1.165, 1.54) is 12.1 Å². The number of benzene rings is 2. The number of hydrogen-bond donors (Lipinski definition) is 4. The van der Waals surface area contributed by atoms with E-state index in [4.69, 9.17) is 21.1 Å². The van der Waals surface area contributed by atoms with Crippen molar-refractivity contribution in [2.75, 3.05) is 12.1 Å². The quantitative estimate of drug-likeness (QED) is 0.519. The molecule has 0 saturated carbocycles. The first-order valence-electron chi connectivity index (χ1n) is 8.95. The van der Waals surface area contributed by atoms with Gasteiger partial charge in [0.25, 0.3) is 11.8 Å². The lowest BCUT2D eigenvalue weighted by atomic mass is 10.0. The molecule has 1 saturated heterocycles. The molecular formula is C20H19ClN2O7. The minimum atomic E-state index is -1.32. The number of carbonyl (C=O) groups excluding carboxylic acids is 2. The van der Waals surface area contributed by atoms with Gasteiger partial charge >= 0.3 is 5.97 Å². The smallest absolute Gasteiger partial charge is 0.326 e. The highest BCUT2D eigenvalue weighted by Gasteiger charge is 2.41. The number of phenols is 1. The van der Waals surface area contributed by atoms with Crippen LogP contribution in [0.25, 0.3) is 0 Å². The number of halogens is 1. The van der Waals surface area contributed by atoms with Gasteiger partial charge in [0.2, 0.25) is 0 Å².